The minimum Gasteiger partial charge on any atom is -0.493 e. The minimum absolute atomic E-state index is 0.0725. The Morgan fingerprint density at radius 2 is 1.82 bits per heavy atom. The lowest BCUT2D eigenvalue weighted by Gasteiger charge is -2.46. The van der Waals surface area contributed by atoms with Crippen molar-refractivity contribution in [2.75, 3.05) is 40.1 Å². The van der Waals surface area contributed by atoms with E-state index in [1.807, 2.05) is 17.0 Å². The summed E-state index contributed by atoms with van der Waals surface area (Å²) in [4.78, 5) is 30.8. The Labute approximate surface area is 228 Å². The van der Waals surface area contributed by atoms with Gasteiger partial charge in [-0.25, -0.2) is 0 Å². The largest absolute Gasteiger partial charge is 0.493 e. The molecule has 3 rings (SSSR count). The number of ether oxygens (including phenoxy) is 3. The molecule has 2 atom stereocenters. The molecule has 0 aliphatic carbocycles. The van der Waals surface area contributed by atoms with Crippen LogP contribution >= 0.6 is 0 Å². The zero-order valence-electron chi connectivity index (χ0n) is 24.3. The predicted molar refractivity (Wildman–Crippen MR) is 148 cm³/mol. The molecule has 214 valence electrons. The van der Waals surface area contributed by atoms with Crippen LogP contribution in [0, 0.1) is 11.3 Å². The van der Waals surface area contributed by atoms with E-state index in [1.54, 1.807) is 7.11 Å². The first-order chi connectivity index (χ1) is 18.1. The third kappa shape index (κ3) is 6.38. The fourth-order valence-corrected chi connectivity index (χ4v) is 6.41. The molecule has 1 aromatic carbocycles. The molecular weight excluding hydrogens is 484 g/mol. The van der Waals surface area contributed by atoms with Crippen molar-refractivity contribution >= 4 is 11.9 Å². The van der Waals surface area contributed by atoms with Crippen LogP contribution < -0.4 is 14.2 Å². The second-order valence-corrected chi connectivity index (χ2v) is 11.6. The van der Waals surface area contributed by atoms with Gasteiger partial charge in [0.2, 0.25) is 18.4 Å². The van der Waals surface area contributed by atoms with Crippen molar-refractivity contribution in [3.05, 3.63) is 17.7 Å². The molecular formula is C30H48N2O6. The molecule has 2 heterocycles. The van der Waals surface area contributed by atoms with Crippen LogP contribution in [0.3, 0.4) is 0 Å². The minimum atomic E-state index is -0.893. The highest BCUT2D eigenvalue weighted by Crippen LogP contribution is 2.54. The summed E-state index contributed by atoms with van der Waals surface area (Å²) in [6, 6.07) is 3.82. The first kappa shape index (κ1) is 30.1. The molecule has 0 radical (unpaired) electrons. The maximum Gasteiger partial charge on any atom is 0.308 e. The number of carboxylic acids is 1. The van der Waals surface area contributed by atoms with E-state index in [4.69, 9.17) is 14.2 Å². The number of carboxylic acid groups (broad SMARTS) is 1. The molecule has 2 aliphatic rings. The molecule has 38 heavy (non-hydrogen) atoms. The first-order valence-corrected chi connectivity index (χ1v) is 14.4. The molecule has 8 nitrogen and oxygen atoms in total. The number of hydrogen-bond acceptors (Lipinski definition) is 6. The van der Waals surface area contributed by atoms with Gasteiger partial charge in [0.25, 0.3) is 0 Å². The van der Waals surface area contributed by atoms with Gasteiger partial charge < -0.3 is 24.2 Å². The van der Waals surface area contributed by atoms with Gasteiger partial charge in [0, 0.05) is 19.6 Å². The summed E-state index contributed by atoms with van der Waals surface area (Å²) in [5, 5.41) is 10.5. The number of hydrogen-bond donors (Lipinski definition) is 1. The number of methoxy groups -OCH3 is 1. The van der Waals surface area contributed by atoms with E-state index in [1.165, 1.54) is 0 Å². The number of unbranched alkanes of at least 4 members (excludes halogenated alkanes) is 2. The van der Waals surface area contributed by atoms with Gasteiger partial charge in [-0.15, -0.1) is 0 Å². The first-order valence-electron chi connectivity index (χ1n) is 14.4. The quantitative estimate of drug-likeness (QED) is 0.311. The van der Waals surface area contributed by atoms with Crippen molar-refractivity contribution < 1.29 is 28.9 Å². The van der Waals surface area contributed by atoms with E-state index in [0.29, 0.717) is 36.6 Å². The van der Waals surface area contributed by atoms with Crippen molar-refractivity contribution in [1.29, 1.82) is 0 Å². The van der Waals surface area contributed by atoms with Crippen molar-refractivity contribution in [1.82, 2.24) is 9.80 Å². The summed E-state index contributed by atoms with van der Waals surface area (Å²) in [5.74, 6) is 0.189. The summed E-state index contributed by atoms with van der Waals surface area (Å²) >= 11 is 0. The second kappa shape index (κ2) is 13.0. The summed E-state index contributed by atoms with van der Waals surface area (Å²) in [6.45, 7) is 13.1. The Morgan fingerprint density at radius 3 is 2.39 bits per heavy atom. The Morgan fingerprint density at radius 1 is 1.13 bits per heavy atom. The Kier molecular flexibility index (Phi) is 10.3. The number of rotatable bonds is 15. The maximum atomic E-state index is 13.8. The van der Waals surface area contributed by atoms with E-state index in [-0.39, 0.29) is 24.7 Å². The van der Waals surface area contributed by atoms with Crippen LogP contribution in [0.4, 0.5) is 0 Å². The van der Waals surface area contributed by atoms with Crippen LogP contribution in [0.15, 0.2) is 12.1 Å². The topological polar surface area (TPSA) is 88.5 Å². The maximum absolute atomic E-state index is 13.8. The molecule has 1 aromatic rings. The SMILES string of the molecule is CCCCN(CCCC)C(=O)CN1CC[C@@H](C(=O)O)[C@@]1(CC(C)(C)CCC)c1cc(OC)c2c(c1)OCO2. The summed E-state index contributed by atoms with van der Waals surface area (Å²) in [5.41, 5.74) is -0.230. The van der Waals surface area contributed by atoms with Crippen LogP contribution in [0.2, 0.25) is 0 Å². The molecule has 0 spiro atoms. The van der Waals surface area contributed by atoms with Gasteiger partial charge in [-0.1, -0.05) is 53.9 Å². The fourth-order valence-electron chi connectivity index (χ4n) is 6.41. The van der Waals surface area contributed by atoms with Crippen LogP contribution in [-0.4, -0.2) is 66.9 Å². The molecule has 0 saturated carbocycles. The third-order valence-electron chi connectivity index (χ3n) is 8.20. The van der Waals surface area contributed by atoms with Crippen molar-refractivity contribution in [3.8, 4) is 17.2 Å². The van der Waals surface area contributed by atoms with Crippen molar-refractivity contribution in [3.63, 3.8) is 0 Å². The Balaban J connectivity index is 2.12. The zero-order valence-corrected chi connectivity index (χ0v) is 24.3. The lowest BCUT2D eigenvalue weighted by atomic mass is 9.67. The molecule has 0 bridgehead atoms. The Bertz CT molecular complexity index is 956. The zero-order chi connectivity index (χ0) is 27.9. The lowest BCUT2D eigenvalue weighted by molar-refractivity contribution is -0.148. The van der Waals surface area contributed by atoms with Crippen LogP contribution in [0.25, 0.3) is 0 Å². The average molecular weight is 533 g/mol. The van der Waals surface area contributed by atoms with Crippen molar-refractivity contribution in [2.45, 2.75) is 91.5 Å². The number of carbonyl (C=O) groups excluding carboxylic acids is 1. The van der Waals surface area contributed by atoms with Gasteiger partial charge in [0.15, 0.2) is 11.5 Å². The number of fused-ring (bicyclic) bond motifs is 1. The number of benzene rings is 1. The third-order valence-corrected chi connectivity index (χ3v) is 8.20. The summed E-state index contributed by atoms with van der Waals surface area (Å²) in [6.07, 6.45) is 6.98. The highest BCUT2D eigenvalue weighted by Gasteiger charge is 2.56. The number of amides is 1. The molecule has 1 amide bonds. The number of nitrogens with zero attached hydrogens (tertiary/aromatic N) is 2. The van der Waals surface area contributed by atoms with Gasteiger partial charge in [-0.2, -0.15) is 0 Å². The highest BCUT2D eigenvalue weighted by molar-refractivity contribution is 5.79. The van der Waals surface area contributed by atoms with Crippen LogP contribution in [0.1, 0.15) is 91.5 Å². The lowest BCUT2D eigenvalue weighted by Crippen LogP contribution is -2.53. The van der Waals surface area contributed by atoms with E-state index in [9.17, 15) is 14.7 Å². The Hall–Kier alpha value is -2.48. The van der Waals surface area contributed by atoms with Gasteiger partial charge in [0.1, 0.15) is 0 Å². The number of aliphatic carboxylic acids is 1. The normalized spacial score (nSPS) is 21.1. The molecule has 8 heteroatoms. The molecule has 0 unspecified atom stereocenters. The molecule has 1 N–H and O–H groups in total. The average Bonchev–Trinajstić information content (AvgIpc) is 3.48. The highest BCUT2D eigenvalue weighted by atomic mass is 16.7. The fraction of sp³-hybridized carbons (Fsp3) is 0.733. The summed E-state index contributed by atoms with van der Waals surface area (Å²) < 4.78 is 17.1. The summed E-state index contributed by atoms with van der Waals surface area (Å²) in [7, 11) is 1.58. The van der Waals surface area contributed by atoms with E-state index >= 15 is 0 Å². The van der Waals surface area contributed by atoms with E-state index < -0.39 is 17.4 Å². The standard InChI is InChI=1S/C30H48N2O6/c1-7-10-14-31(15-11-8-2)26(33)19-32-16-12-23(28(34)35)30(32,20-29(4,5)13-9-3)22-17-24(36-6)27-25(18-22)37-21-38-27/h17-18,23H,7-16,19-21H2,1-6H3,(H,34,35)/t23-,30+/m0/s1. The molecule has 0 aromatic heterocycles. The number of carbonyl (C=O) groups is 2. The van der Waals surface area contributed by atoms with Crippen LogP contribution in [-0.2, 0) is 15.1 Å². The second-order valence-electron chi connectivity index (χ2n) is 11.6. The number of likely N-dealkylation sites (tertiary alicyclic amines) is 1. The smallest absolute Gasteiger partial charge is 0.308 e. The molecule has 1 fully saturated rings. The monoisotopic (exact) mass is 532 g/mol. The molecule has 2 aliphatic heterocycles. The molecule has 1 saturated heterocycles. The van der Waals surface area contributed by atoms with Gasteiger partial charge in [-0.3, -0.25) is 14.5 Å². The van der Waals surface area contributed by atoms with Gasteiger partial charge in [-0.05, 0) is 55.2 Å². The van der Waals surface area contributed by atoms with Crippen LogP contribution in [0.5, 0.6) is 17.2 Å². The predicted octanol–water partition coefficient (Wildman–Crippen LogP) is 5.67. The van der Waals surface area contributed by atoms with Crippen molar-refractivity contribution in [2.24, 2.45) is 11.3 Å². The van der Waals surface area contributed by atoms with E-state index in [0.717, 1.165) is 57.2 Å². The van der Waals surface area contributed by atoms with Gasteiger partial charge >= 0.3 is 5.97 Å². The van der Waals surface area contributed by atoms with Gasteiger partial charge in [0.05, 0.1) is 25.1 Å². The van der Waals surface area contributed by atoms with E-state index in [2.05, 4.69) is 39.5 Å².